The molecule has 5 heteroatoms. The summed E-state index contributed by atoms with van der Waals surface area (Å²) >= 11 is 0. The number of hydrogen-bond donors (Lipinski definition) is 1. The van der Waals surface area contributed by atoms with Crippen molar-refractivity contribution in [2.75, 3.05) is 12.0 Å². The van der Waals surface area contributed by atoms with Gasteiger partial charge in [0.05, 0.1) is 17.6 Å². The van der Waals surface area contributed by atoms with Crippen LogP contribution in [-0.4, -0.2) is 32.3 Å². The van der Waals surface area contributed by atoms with Gasteiger partial charge in [-0.25, -0.2) is 8.42 Å². The van der Waals surface area contributed by atoms with E-state index in [2.05, 4.69) is 4.99 Å². The number of aliphatic imine (C=N–C) groups is 1. The van der Waals surface area contributed by atoms with Crippen molar-refractivity contribution in [3.63, 3.8) is 0 Å². The van der Waals surface area contributed by atoms with Crippen LogP contribution in [0.3, 0.4) is 0 Å². The summed E-state index contributed by atoms with van der Waals surface area (Å²) in [6, 6.07) is -0.274. The van der Waals surface area contributed by atoms with Crippen LogP contribution in [0.1, 0.15) is 27.7 Å². The Labute approximate surface area is 86.5 Å². The molecule has 0 aliphatic rings. The molecule has 1 atom stereocenters. The average molecular weight is 220 g/mol. The fourth-order valence-corrected chi connectivity index (χ4v) is 1.86. The van der Waals surface area contributed by atoms with E-state index in [0.29, 0.717) is 5.84 Å². The van der Waals surface area contributed by atoms with Crippen LogP contribution < -0.4 is 5.73 Å². The predicted molar refractivity (Wildman–Crippen MR) is 60.3 cm³/mol. The molecular weight excluding hydrogens is 200 g/mol. The van der Waals surface area contributed by atoms with Crippen LogP contribution in [0.4, 0.5) is 0 Å². The normalized spacial score (nSPS) is 16.8. The van der Waals surface area contributed by atoms with Crippen LogP contribution >= 0.6 is 0 Å². The first-order valence-corrected chi connectivity index (χ1v) is 6.60. The quantitative estimate of drug-likeness (QED) is 0.565. The van der Waals surface area contributed by atoms with E-state index >= 15 is 0 Å². The van der Waals surface area contributed by atoms with Crippen molar-refractivity contribution in [2.24, 2.45) is 16.1 Å². The van der Waals surface area contributed by atoms with Crippen LogP contribution in [0, 0.1) is 5.41 Å². The fraction of sp³-hybridized carbons (Fsp3) is 0.889. The molecule has 1 unspecified atom stereocenters. The van der Waals surface area contributed by atoms with Gasteiger partial charge in [0.25, 0.3) is 0 Å². The highest BCUT2D eigenvalue weighted by Crippen LogP contribution is 2.13. The van der Waals surface area contributed by atoms with Gasteiger partial charge in [-0.2, -0.15) is 0 Å². The number of amidine groups is 1. The van der Waals surface area contributed by atoms with Gasteiger partial charge in [0.15, 0.2) is 0 Å². The van der Waals surface area contributed by atoms with Crippen molar-refractivity contribution < 1.29 is 8.42 Å². The van der Waals surface area contributed by atoms with Crippen molar-refractivity contribution in [3.05, 3.63) is 0 Å². The standard InChI is InChI=1S/C9H20N2O2S/c1-7(6-14(5,12)13)11-8(10)9(2,3)4/h7H,6H2,1-5H3,(H2,10,11). The molecule has 0 fully saturated rings. The summed E-state index contributed by atoms with van der Waals surface area (Å²) in [6.07, 6.45) is 1.20. The molecule has 0 saturated heterocycles. The summed E-state index contributed by atoms with van der Waals surface area (Å²) in [5.74, 6) is 0.540. The minimum Gasteiger partial charge on any atom is -0.387 e. The molecule has 0 aliphatic heterocycles. The van der Waals surface area contributed by atoms with E-state index in [1.54, 1.807) is 6.92 Å². The zero-order valence-corrected chi connectivity index (χ0v) is 10.4. The number of nitrogens with zero attached hydrogens (tertiary/aromatic N) is 1. The summed E-state index contributed by atoms with van der Waals surface area (Å²) in [7, 11) is -2.98. The molecule has 0 amide bonds. The Balaban J connectivity index is 4.53. The number of rotatable bonds is 3. The molecular formula is C9H20N2O2S. The second-order valence-corrected chi connectivity index (χ2v) is 6.89. The Morgan fingerprint density at radius 2 is 1.86 bits per heavy atom. The van der Waals surface area contributed by atoms with Gasteiger partial charge >= 0.3 is 0 Å². The van der Waals surface area contributed by atoms with Crippen LogP contribution in [0.25, 0.3) is 0 Å². The second kappa shape index (κ2) is 4.29. The largest absolute Gasteiger partial charge is 0.387 e. The second-order valence-electron chi connectivity index (χ2n) is 4.71. The molecule has 0 heterocycles. The number of sulfone groups is 1. The molecule has 84 valence electrons. The molecule has 2 N–H and O–H groups in total. The molecule has 0 saturated carbocycles. The zero-order valence-electron chi connectivity index (χ0n) is 9.53. The molecule has 0 bridgehead atoms. The lowest BCUT2D eigenvalue weighted by molar-refractivity contribution is 0.572. The van der Waals surface area contributed by atoms with E-state index in [-0.39, 0.29) is 17.2 Å². The Bertz CT molecular complexity index is 312. The van der Waals surface area contributed by atoms with E-state index in [4.69, 9.17) is 5.73 Å². The Morgan fingerprint density at radius 3 is 2.14 bits per heavy atom. The third-order valence-corrected chi connectivity index (χ3v) is 2.76. The smallest absolute Gasteiger partial charge is 0.149 e. The van der Waals surface area contributed by atoms with Crippen LogP contribution in [0.2, 0.25) is 0 Å². The first kappa shape index (κ1) is 13.4. The molecule has 0 radical (unpaired) electrons. The van der Waals surface area contributed by atoms with Gasteiger partial charge in [-0.1, -0.05) is 20.8 Å². The zero-order chi connectivity index (χ0) is 11.6. The summed E-state index contributed by atoms with van der Waals surface area (Å²) in [5, 5.41) is 0. The summed E-state index contributed by atoms with van der Waals surface area (Å²) in [5.41, 5.74) is 5.52. The van der Waals surface area contributed by atoms with Gasteiger partial charge in [0.1, 0.15) is 9.84 Å². The number of hydrogen-bond acceptors (Lipinski definition) is 3. The molecule has 14 heavy (non-hydrogen) atoms. The highest BCUT2D eigenvalue weighted by Gasteiger charge is 2.17. The van der Waals surface area contributed by atoms with E-state index in [0.717, 1.165) is 0 Å². The van der Waals surface area contributed by atoms with E-state index < -0.39 is 9.84 Å². The van der Waals surface area contributed by atoms with E-state index in [9.17, 15) is 8.42 Å². The third-order valence-electron chi connectivity index (χ3n) is 1.67. The molecule has 0 spiro atoms. The Morgan fingerprint density at radius 1 is 1.43 bits per heavy atom. The van der Waals surface area contributed by atoms with Gasteiger partial charge in [0.2, 0.25) is 0 Å². The topological polar surface area (TPSA) is 72.5 Å². The summed E-state index contributed by atoms with van der Waals surface area (Å²) < 4.78 is 21.9. The predicted octanol–water partition coefficient (Wildman–Crippen LogP) is 0.823. The van der Waals surface area contributed by atoms with E-state index in [1.165, 1.54) is 6.26 Å². The van der Waals surface area contributed by atoms with E-state index in [1.807, 2.05) is 20.8 Å². The van der Waals surface area contributed by atoms with Gasteiger partial charge in [0, 0.05) is 11.7 Å². The lowest BCUT2D eigenvalue weighted by Crippen LogP contribution is -2.31. The lowest BCUT2D eigenvalue weighted by atomic mass is 9.95. The van der Waals surface area contributed by atoms with Gasteiger partial charge in [-0.15, -0.1) is 0 Å². The molecule has 4 nitrogen and oxygen atoms in total. The molecule has 0 aliphatic carbocycles. The van der Waals surface area contributed by atoms with Gasteiger partial charge < -0.3 is 5.73 Å². The monoisotopic (exact) mass is 220 g/mol. The van der Waals surface area contributed by atoms with Crippen molar-refractivity contribution in [3.8, 4) is 0 Å². The molecule has 0 aromatic rings. The molecule has 0 aromatic heterocycles. The van der Waals surface area contributed by atoms with Gasteiger partial charge in [-0.3, -0.25) is 4.99 Å². The summed E-state index contributed by atoms with van der Waals surface area (Å²) in [6.45, 7) is 7.58. The third kappa shape index (κ3) is 5.96. The summed E-state index contributed by atoms with van der Waals surface area (Å²) in [4.78, 5) is 4.15. The highest BCUT2D eigenvalue weighted by molar-refractivity contribution is 7.90. The maximum absolute atomic E-state index is 11.0. The maximum Gasteiger partial charge on any atom is 0.149 e. The Hall–Kier alpha value is -0.580. The highest BCUT2D eigenvalue weighted by atomic mass is 32.2. The fourth-order valence-electron chi connectivity index (χ4n) is 0.906. The Kier molecular flexibility index (Phi) is 4.12. The maximum atomic E-state index is 11.0. The van der Waals surface area contributed by atoms with Gasteiger partial charge in [-0.05, 0) is 6.92 Å². The van der Waals surface area contributed by atoms with Crippen LogP contribution in [0.15, 0.2) is 4.99 Å². The van der Waals surface area contributed by atoms with Crippen molar-refractivity contribution in [2.45, 2.75) is 33.7 Å². The van der Waals surface area contributed by atoms with Crippen LogP contribution in [-0.2, 0) is 9.84 Å². The average Bonchev–Trinajstić information content (AvgIpc) is 1.79. The van der Waals surface area contributed by atoms with Crippen molar-refractivity contribution in [1.82, 2.24) is 0 Å². The van der Waals surface area contributed by atoms with Crippen LogP contribution in [0.5, 0.6) is 0 Å². The van der Waals surface area contributed by atoms with Crippen molar-refractivity contribution >= 4 is 15.7 Å². The minimum absolute atomic E-state index is 0.0454. The molecule has 0 aromatic carbocycles. The first-order chi connectivity index (χ1) is 6.02. The SMILES string of the molecule is CC(CS(C)(=O)=O)N=C(N)C(C)(C)C. The minimum atomic E-state index is -2.98. The first-order valence-electron chi connectivity index (χ1n) is 4.54. The molecule has 0 rings (SSSR count). The van der Waals surface area contributed by atoms with Crippen molar-refractivity contribution in [1.29, 1.82) is 0 Å². The number of nitrogens with two attached hydrogens (primary N) is 1. The lowest BCUT2D eigenvalue weighted by Gasteiger charge is -2.19.